The Hall–Kier alpha value is -1.75. The van der Waals surface area contributed by atoms with Gasteiger partial charge in [0, 0.05) is 18.8 Å². The zero-order chi connectivity index (χ0) is 13.0. The molecule has 0 saturated heterocycles. The molecular formula is C13H18N4O. The molecule has 0 aliphatic carbocycles. The Kier molecular flexibility index (Phi) is 4.04. The van der Waals surface area contributed by atoms with Gasteiger partial charge in [0.1, 0.15) is 0 Å². The van der Waals surface area contributed by atoms with Gasteiger partial charge in [0.05, 0.1) is 6.04 Å². The molecule has 0 spiro atoms. The Morgan fingerprint density at radius 1 is 1.33 bits per heavy atom. The molecule has 96 valence electrons. The number of hydrogen-bond acceptors (Lipinski definition) is 5. The van der Waals surface area contributed by atoms with Crippen LogP contribution < -0.4 is 5.73 Å². The van der Waals surface area contributed by atoms with E-state index in [1.165, 1.54) is 0 Å². The molecule has 0 saturated carbocycles. The third-order valence-electron chi connectivity index (χ3n) is 3.14. The van der Waals surface area contributed by atoms with Crippen LogP contribution in [0.5, 0.6) is 0 Å². The molecule has 5 heteroatoms. The van der Waals surface area contributed by atoms with E-state index in [1.54, 1.807) is 12.4 Å². The molecule has 2 heterocycles. The predicted molar refractivity (Wildman–Crippen MR) is 67.7 cm³/mol. The lowest BCUT2D eigenvalue weighted by Gasteiger charge is -2.12. The second kappa shape index (κ2) is 5.73. The van der Waals surface area contributed by atoms with Gasteiger partial charge in [-0.15, -0.1) is 0 Å². The van der Waals surface area contributed by atoms with Crippen molar-refractivity contribution in [2.45, 2.75) is 32.7 Å². The van der Waals surface area contributed by atoms with Crippen molar-refractivity contribution in [2.24, 2.45) is 11.7 Å². The molecule has 0 aliphatic rings. The molecular weight excluding hydrogens is 228 g/mol. The van der Waals surface area contributed by atoms with Crippen LogP contribution in [0.1, 0.15) is 43.6 Å². The van der Waals surface area contributed by atoms with E-state index in [9.17, 15) is 0 Å². The van der Waals surface area contributed by atoms with Crippen molar-refractivity contribution in [3.05, 3.63) is 41.8 Å². The van der Waals surface area contributed by atoms with Crippen molar-refractivity contribution in [2.75, 3.05) is 0 Å². The molecule has 0 aliphatic heterocycles. The minimum Gasteiger partial charge on any atom is -0.338 e. The highest BCUT2D eigenvalue weighted by Crippen LogP contribution is 2.20. The Morgan fingerprint density at radius 3 is 2.72 bits per heavy atom. The first kappa shape index (κ1) is 12.7. The topological polar surface area (TPSA) is 77.8 Å². The molecule has 2 N–H and O–H groups in total. The summed E-state index contributed by atoms with van der Waals surface area (Å²) in [7, 11) is 0. The van der Waals surface area contributed by atoms with Gasteiger partial charge < -0.3 is 10.3 Å². The average Bonchev–Trinajstić information content (AvgIpc) is 2.86. The molecule has 0 fully saturated rings. The zero-order valence-electron chi connectivity index (χ0n) is 10.7. The van der Waals surface area contributed by atoms with Gasteiger partial charge in [-0.3, -0.25) is 4.98 Å². The fourth-order valence-electron chi connectivity index (χ4n) is 1.66. The first-order valence-corrected chi connectivity index (χ1v) is 6.17. The van der Waals surface area contributed by atoms with Gasteiger partial charge in [-0.25, -0.2) is 0 Å². The van der Waals surface area contributed by atoms with Gasteiger partial charge >= 0.3 is 0 Å². The minimum absolute atomic E-state index is 0.186. The molecule has 2 atom stereocenters. The standard InChI is InChI=1S/C13H18N4O/c1-3-9(2)12(14)13-16-11(17-18-13)8-10-4-6-15-7-5-10/h4-7,9,12H,3,8,14H2,1-2H3/t9-,12-/m0/s1. The summed E-state index contributed by atoms with van der Waals surface area (Å²) in [5.41, 5.74) is 7.16. The van der Waals surface area contributed by atoms with Crippen LogP contribution in [0.25, 0.3) is 0 Å². The first-order chi connectivity index (χ1) is 8.70. The van der Waals surface area contributed by atoms with Gasteiger partial charge in [-0.1, -0.05) is 25.4 Å². The van der Waals surface area contributed by atoms with Gasteiger partial charge in [0.15, 0.2) is 5.82 Å². The van der Waals surface area contributed by atoms with E-state index in [4.69, 9.17) is 10.3 Å². The zero-order valence-corrected chi connectivity index (χ0v) is 10.7. The summed E-state index contributed by atoms with van der Waals surface area (Å²) in [6.07, 6.45) is 5.13. The molecule has 2 rings (SSSR count). The highest BCUT2D eigenvalue weighted by molar-refractivity contribution is 5.14. The van der Waals surface area contributed by atoms with Crippen molar-refractivity contribution < 1.29 is 4.52 Å². The Bertz CT molecular complexity index is 483. The van der Waals surface area contributed by atoms with Gasteiger partial charge in [-0.05, 0) is 23.6 Å². The molecule has 18 heavy (non-hydrogen) atoms. The van der Waals surface area contributed by atoms with Crippen molar-refractivity contribution >= 4 is 0 Å². The molecule has 0 aromatic carbocycles. The molecule has 2 aromatic rings. The van der Waals surface area contributed by atoms with E-state index in [1.807, 2.05) is 12.1 Å². The van der Waals surface area contributed by atoms with E-state index in [2.05, 4.69) is 29.0 Å². The van der Waals surface area contributed by atoms with Crippen LogP contribution in [0.4, 0.5) is 0 Å². The van der Waals surface area contributed by atoms with E-state index in [0.29, 0.717) is 24.1 Å². The SMILES string of the molecule is CC[C@H](C)[C@H](N)c1nc(Cc2ccncc2)no1. The maximum atomic E-state index is 6.05. The highest BCUT2D eigenvalue weighted by atomic mass is 16.5. The van der Waals surface area contributed by atoms with Crippen LogP contribution in [-0.2, 0) is 6.42 Å². The first-order valence-electron chi connectivity index (χ1n) is 6.17. The number of aromatic nitrogens is 3. The van der Waals surface area contributed by atoms with E-state index in [-0.39, 0.29) is 6.04 Å². The molecule has 0 amide bonds. The lowest BCUT2D eigenvalue weighted by Crippen LogP contribution is -2.18. The monoisotopic (exact) mass is 246 g/mol. The van der Waals surface area contributed by atoms with Crippen molar-refractivity contribution in [3.8, 4) is 0 Å². The Labute approximate surface area is 106 Å². The molecule has 0 radical (unpaired) electrons. The summed E-state index contributed by atoms with van der Waals surface area (Å²) in [5, 5.41) is 3.96. The number of nitrogens with zero attached hydrogens (tertiary/aromatic N) is 3. The third kappa shape index (κ3) is 2.92. The summed E-state index contributed by atoms with van der Waals surface area (Å²) in [5.74, 6) is 1.52. The maximum absolute atomic E-state index is 6.05. The molecule has 2 aromatic heterocycles. The molecule has 0 unspecified atom stereocenters. The third-order valence-corrected chi connectivity index (χ3v) is 3.14. The Balaban J connectivity index is 2.07. The summed E-state index contributed by atoms with van der Waals surface area (Å²) < 4.78 is 5.22. The molecule has 0 bridgehead atoms. The maximum Gasteiger partial charge on any atom is 0.243 e. The lowest BCUT2D eigenvalue weighted by atomic mass is 10.0. The van der Waals surface area contributed by atoms with Gasteiger partial charge in [-0.2, -0.15) is 4.98 Å². The second-order valence-electron chi connectivity index (χ2n) is 4.49. The number of nitrogens with two attached hydrogens (primary N) is 1. The highest BCUT2D eigenvalue weighted by Gasteiger charge is 2.19. The summed E-state index contributed by atoms with van der Waals surface area (Å²) in [6, 6.07) is 3.68. The minimum atomic E-state index is -0.186. The normalized spacial score (nSPS) is 14.4. The van der Waals surface area contributed by atoms with E-state index < -0.39 is 0 Å². The van der Waals surface area contributed by atoms with Crippen LogP contribution in [0, 0.1) is 5.92 Å². The number of rotatable bonds is 5. The predicted octanol–water partition coefficient (Wildman–Crippen LogP) is 2.10. The largest absolute Gasteiger partial charge is 0.338 e. The van der Waals surface area contributed by atoms with Gasteiger partial charge in [0.25, 0.3) is 0 Å². The van der Waals surface area contributed by atoms with E-state index >= 15 is 0 Å². The smallest absolute Gasteiger partial charge is 0.243 e. The number of hydrogen-bond donors (Lipinski definition) is 1. The fraction of sp³-hybridized carbons (Fsp3) is 0.462. The summed E-state index contributed by atoms with van der Waals surface area (Å²) in [4.78, 5) is 8.32. The quantitative estimate of drug-likeness (QED) is 0.874. The Morgan fingerprint density at radius 2 is 2.06 bits per heavy atom. The van der Waals surface area contributed by atoms with Crippen LogP contribution >= 0.6 is 0 Å². The van der Waals surface area contributed by atoms with Crippen LogP contribution in [-0.4, -0.2) is 15.1 Å². The average molecular weight is 246 g/mol. The molecule has 5 nitrogen and oxygen atoms in total. The van der Waals surface area contributed by atoms with Crippen molar-refractivity contribution in [3.63, 3.8) is 0 Å². The van der Waals surface area contributed by atoms with E-state index in [0.717, 1.165) is 12.0 Å². The van der Waals surface area contributed by atoms with Crippen LogP contribution in [0.2, 0.25) is 0 Å². The van der Waals surface area contributed by atoms with Crippen molar-refractivity contribution in [1.29, 1.82) is 0 Å². The lowest BCUT2D eigenvalue weighted by molar-refractivity contribution is 0.310. The number of pyridine rings is 1. The van der Waals surface area contributed by atoms with Crippen LogP contribution in [0.15, 0.2) is 29.0 Å². The van der Waals surface area contributed by atoms with Gasteiger partial charge in [0.2, 0.25) is 5.89 Å². The van der Waals surface area contributed by atoms with Crippen LogP contribution in [0.3, 0.4) is 0 Å². The second-order valence-corrected chi connectivity index (χ2v) is 4.49. The fourth-order valence-corrected chi connectivity index (χ4v) is 1.66. The summed E-state index contributed by atoms with van der Waals surface area (Å²) >= 11 is 0. The van der Waals surface area contributed by atoms with Crippen molar-refractivity contribution in [1.82, 2.24) is 15.1 Å². The summed E-state index contributed by atoms with van der Waals surface area (Å²) in [6.45, 7) is 4.18.